The third-order valence-corrected chi connectivity index (χ3v) is 5.35. The van der Waals surface area contributed by atoms with E-state index in [9.17, 15) is 13.5 Å². The molecule has 0 saturated carbocycles. The van der Waals surface area contributed by atoms with Crippen molar-refractivity contribution in [3.8, 4) is 11.5 Å². The van der Waals surface area contributed by atoms with Gasteiger partial charge in [-0.15, -0.1) is 0 Å². The van der Waals surface area contributed by atoms with E-state index in [1.807, 2.05) is 6.92 Å². The predicted molar refractivity (Wildman–Crippen MR) is 90.2 cm³/mol. The summed E-state index contributed by atoms with van der Waals surface area (Å²) in [5.41, 5.74) is 0.782. The van der Waals surface area contributed by atoms with Crippen LogP contribution in [0.5, 0.6) is 11.5 Å². The molecule has 1 atom stereocenters. The van der Waals surface area contributed by atoms with E-state index in [2.05, 4.69) is 0 Å². The summed E-state index contributed by atoms with van der Waals surface area (Å²) in [6.45, 7) is 3.43. The molecular formula is C17H17ClO5S. The third kappa shape index (κ3) is 3.36. The zero-order chi connectivity index (χ0) is 17.5. The Labute approximate surface area is 145 Å². The molecule has 0 aromatic heterocycles. The first-order chi connectivity index (χ1) is 11.2. The molecule has 2 aromatic carbocycles. The van der Waals surface area contributed by atoms with Crippen molar-refractivity contribution in [2.24, 2.45) is 0 Å². The zero-order valence-corrected chi connectivity index (χ0v) is 14.8. The Kier molecular flexibility index (Phi) is 4.23. The molecule has 1 heterocycles. The fourth-order valence-electron chi connectivity index (χ4n) is 2.62. The normalized spacial score (nSPS) is 19.8. The molecule has 1 aliphatic heterocycles. The molecule has 24 heavy (non-hydrogen) atoms. The van der Waals surface area contributed by atoms with Gasteiger partial charge in [0.2, 0.25) is 0 Å². The van der Waals surface area contributed by atoms with Crippen LogP contribution in [0.25, 0.3) is 0 Å². The molecule has 0 radical (unpaired) electrons. The van der Waals surface area contributed by atoms with Gasteiger partial charge in [0.1, 0.15) is 12.2 Å². The smallest absolute Gasteiger partial charge is 0.297 e. The summed E-state index contributed by atoms with van der Waals surface area (Å²) >= 11 is 5.92. The lowest BCUT2D eigenvalue weighted by atomic mass is 10.0. The summed E-state index contributed by atoms with van der Waals surface area (Å²) in [6.07, 6.45) is 0.389. The summed E-state index contributed by atoms with van der Waals surface area (Å²) in [5.74, 6) is 0.251. The fourth-order valence-corrected chi connectivity index (χ4v) is 3.87. The lowest BCUT2D eigenvalue weighted by molar-refractivity contribution is 0.0566. The third-order valence-electron chi connectivity index (χ3n) is 3.85. The Hall–Kier alpha value is -1.76. The van der Waals surface area contributed by atoms with Crippen LogP contribution in [0.1, 0.15) is 18.1 Å². The number of halogens is 1. The van der Waals surface area contributed by atoms with E-state index in [1.165, 1.54) is 18.2 Å². The van der Waals surface area contributed by atoms with Crippen molar-refractivity contribution in [1.29, 1.82) is 0 Å². The van der Waals surface area contributed by atoms with Crippen LogP contribution in [0.3, 0.4) is 0 Å². The number of fused-ring (bicyclic) bond motifs is 1. The average Bonchev–Trinajstić information content (AvgIpc) is 2.83. The van der Waals surface area contributed by atoms with E-state index >= 15 is 0 Å². The molecule has 0 saturated heterocycles. The van der Waals surface area contributed by atoms with Crippen LogP contribution < -0.4 is 4.74 Å². The maximum absolute atomic E-state index is 12.3. The lowest BCUT2D eigenvalue weighted by Crippen LogP contribution is -2.37. The van der Waals surface area contributed by atoms with Crippen molar-refractivity contribution in [3.63, 3.8) is 0 Å². The monoisotopic (exact) mass is 368 g/mol. The number of hydrogen-bond donors (Lipinski definition) is 1. The van der Waals surface area contributed by atoms with Crippen molar-refractivity contribution in [2.45, 2.75) is 30.8 Å². The highest BCUT2D eigenvalue weighted by Gasteiger charge is 2.38. The number of ether oxygens (including phenoxy) is 1. The molecule has 128 valence electrons. The van der Waals surface area contributed by atoms with Gasteiger partial charge in [-0.1, -0.05) is 29.3 Å². The van der Waals surface area contributed by atoms with Crippen molar-refractivity contribution in [2.75, 3.05) is 6.61 Å². The van der Waals surface area contributed by atoms with Crippen LogP contribution in [0.15, 0.2) is 41.3 Å². The number of aryl methyl sites for hydroxylation is 1. The molecule has 5 nitrogen and oxygen atoms in total. The van der Waals surface area contributed by atoms with Crippen LogP contribution >= 0.6 is 11.6 Å². The predicted octanol–water partition coefficient (Wildman–Crippen LogP) is 3.45. The van der Waals surface area contributed by atoms with Gasteiger partial charge in [-0.05, 0) is 32.0 Å². The van der Waals surface area contributed by atoms with Crippen molar-refractivity contribution < 1.29 is 22.4 Å². The number of hydrogen-bond acceptors (Lipinski definition) is 5. The van der Waals surface area contributed by atoms with Gasteiger partial charge in [0.05, 0.1) is 4.90 Å². The molecule has 1 aliphatic rings. The number of benzene rings is 2. The minimum Gasteiger partial charge on any atom is -0.504 e. The topological polar surface area (TPSA) is 72.8 Å². The molecule has 0 spiro atoms. The molecule has 1 unspecified atom stereocenters. The second kappa shape index (κ2) is 5.95. The number of phenolic OH excluding ortho intramolecular Hbond substituents is 1. The van der Waals surface area contributed by atoms with Crippen LogP contribution in [-0.2, 0) is 20.7 Å². The second-order valence-corrected chi connectivity index (χ2v) is 8.22. The van der Waals surface area contributed by atoms with E-state index in [4.69, 9.17) is 20.5 Å². The first-order valence-corrected chi connectivity index (χ1v) is 9.14. The van der Waals surface area contributed by atoms with Gasteiger partial charge in [0, 0.05) is 23.1 Å². The van der Waals surface area contributed by atoms with Crippen LogP contribution in [0.4, 0.5) is 0 Å². The number of aromatic hydroxyl groups is 1. The summed E-state index contributed by atoms with van der Waals surface area (Å²) in [4.78, 5) is 0.0955. The van der Waals surface area contributed by atoms with E-state index in [0.29, 0.717) is 17.2 Å². The average molecular weight is 369 g/mol. The van der Waals surface area contributed by atoms with Gasteiger partial charge >= 0.3 is 0 Å². The quantitative estimate of drug-likeness (QED) is 0.837. The van der Waals surface area contributed by atoms with E-state index in [1.54, 1.807) is 25.1 Å². The molecule has 2 aromatic rings. The Bertz CT molecular complexity index is 877. The molecule has 7 heteroatoms. The summed E-state index contributed by atoms with van der Waals surface area (Å²) < 4.78 is 35.5. The van der Waals surface area contributed by atoms with Crippen molar-refractivity contribution in [1.82, 2.24) is 0 Å². The largest absolute Gasteiger partial charge is 0.504 e. The maximum Gasteiger partial charge on any atom is 0.297 e. The highest BCUT2D eigenvalue weighted by molar-refractivity contribution is 7.86. The molecule has 0 fully saturated rings. The first-order valence-electron chi connectivity index (χ1n) is 7.35. The molecular weight excluding hydrogens is 352 g/mol. The molecule has 0 bridgehead atoms. The Balaban J connectivity index is 1.75. The Morgan fingerprint density at radius 3 is 2.62 bits per heavy atom. The highest BCUT2D eigenvalue weighted by atomic mass is 35.5. The van der Waals surface area contributed by atoms with E-state index in [0.717, 1.165) is 11.1 Å². The van der Waals surface area contributed by atoms with Gasteiger partial charge in [-0.2, -0.15) is 8.42 Å². The van der Waals surface area contributed by atoms with Crippen LogP contribution in [-0.4, -0.2) is 25.7 Å². The van der Waals surface area contributed by atoms with E-state index < -0.39 is 15.7 Å². The standard InChI is InChI=1S/C17H17ClO5S/c1-11-3-5-14(6-4-11)24(20,21)22-10-17(2)9-12-7-13(18)8-15(19)16(12)23-17/h3-8,19H,9-10H2,1-2H3. The van der Waals surface area contributed by atoms with Crippen molar-refractivity contribution in [3.05, 3.63) is 52.5 Å². The number of rotatable bonds is 4. The molecule has 3 rings (SSSR count). The zero-order valence-electron chi connectivity index (χ0n) is 13.2. The lowest BCUT2D eigenvalue weighted by Gasteiger charge is -2.23. The van der Waals surface area contributed by atoms with Gasteiger partial charge in [0.25, 0.3) is 10.1 Å². The summed E-state index contributed by atoms with van der Waals surface area (Å²) in [7, 11) is -3.88. The minimum absolute atomic E-state index is 0.0670. The fraction of sp³-hybridized carbons (Fsp3) is 0.294. The molecule has 0 amide bonds. The maximum atomic E-state index is 12.3. The minimum atomic E-state index is -3.88. The van der Waals surface area contributed by atoms with Gasteiger partial charge < -0.3 is 9.84 Å². The van der Waals surface area contributed by atoms with E-state index in [-0.39, 0.29) is 17.3 Å². The Morgan fingerprint density at radius 1 is 1.29 bits per heavy atom. The summed E-state index contributed by atoms with van der Waals surface area (Å²) in [6, 6.07) is 9.50. The van der Waals surface area contributed by atoms with Gasteiger partial charge in [0.15, 0.2) is 11.5 Å². The van der Waals surface area contributed by atoms with Gasteiger partial charge in [-0.25, -0.2) is 0 Å². The number of phenols is 1. The van der Waals surface area contributed by atoms with Crippen molar-refractivity contribution >= 4 is 21.7 Å². The van der Waals surface area contributed by atoms with Crippen LogP contribution in [0.2, 0.25) is 5.02 Å². The summed E-state index contributed by atoms with van der Waals surface area (Å²) in [5, 5.41) is 10.3. The second-order valence-electron chi connectivity index (χ2n) is 6.17. The van der Waals surface area contributed by atoms with Crippen LogP contribution in [0, 0.1) is 6.92 Å². The first kappa shape index (κ1) is 17.1. The Morgan fingerprint density at radius 2 is 1.96 bits per heavy atom. The molecule has 1 N–H and O–H groups in total. The molecule has 0 aliphatic carbocycles. The van der Waals surface area contributed by atoms with Gasteiger partial charge in [-0.3, -0.25) is 4.18 Å². The SMILES string of the molecule is Cc1ccc(S(=O)(=O)OCC2(C)Cc3cc(Cl)cc(O)c3O2)cc1. The highest BCUT2D eigenvalue weighted by Crippen LogP contribution is 2.43.